The lowest BCUT2D eigenvalue weighted by molar-refractivity contribution is -0.132. The molecule has 0 radical (unpaired) electrons. The highest BCUT2D eigenvalue weighted by molar-refractivity contribution is 6.32. The van der Waals surface area contributed by atoms with Crippen molar-refractivity contribution in [1.82, 2.24) is 0 Å². The number of benzene rings is 2. The fourth-order valence-corrected chi connectivity index (χ4v) is 2.83. The zero-order valence-electron chi connectivity index (χ0n) is 14.3. The number of hydrogen-bond donors (Lipinski definition) is 0. The van der Waals surface area contributed by atoms with Crippen LogP contribution in [0.1, 0.15) is 18.1 Å². The minimum atomic E-state index is -0.607. The molecule has 138 valence electrons. The predicted octanol–water partition coefficient (Wildman–Crippen LogP) is 4.27. The van der Waals surface area contributed by atoms with Crippen LogP contribution in [0.3, 0.4) is 0 Å². The Morgan fingerprint density at radius 2 is 2.00 bits per heavy atom. The fourth-order valence-electron chi connectivity index (χ4n) is 2.38. The van der Waals surface area contributed by atoms with Crippen LogP contribution in [-0.4, -0.2) is 24.9 Å². The lowest BCUT2D eigenvalue weighted by Crippen LogP contribution is -2.05. The van der Waals surface area contributed by atoms with Gasteiger partial charge in [0.15, 0.2) is 17.2 Å². The minimum absolute atomic E-state index is 0.0864. The molecule has 27 heavy (non-hydrogen) atoms. The molecule has 2 aromatic carbocycles. The zero-order valence-corrected chi connectivity index (χ0v) is 15.8. The number of halogens is 2. The molecule has 0 aromatic heterocycles. The number of cyclic esters (lactones) is 1. The third-order valence-electron chi connectivity index (χ3n) is 3.49. The molecule has 0 saturated heterocycles. The van der Waals surface area contributed by atoms with Gasteiger partial charge < -0.3 is 14.2 Å². The Hall–Kier alpha value is -2.83. The normalized spacial score (nSPS) is 14.7. The summed E-state index contributed by atoms with van der Waals surface area (Å²) in [6, 6.07) is 9.90. The molecule has 2 aromatic rings. The van der Waals surface area contributed by atoms with Crippen LogP contribution in [0.15, 0.2) is 47.1 Å². The summed E-state index contributed by atoms with van der Waals surface area (Å²) < 4.78 is 15.5. The summed E-state index contributed by atoms with van der Waals surface area (Å²) in [6.07, 6.45) is 1.49. The van der Waals surface area contributed by atoms with Crippen molar-refractivity contribution in [2.75, 3.05) is 7.11 Å². The van der Waals surface area contributed by atoms with Gasteiger partial charge in [-0.25, -0.2) is 9.79 Å². The lowest BCUT2D eigenvalue weighted by atomic mass is 10.1. The average Bonchev–Trinajstić information content (AvgIpc) is 2.97. The van der Waals surface area contributed by atoms with E-state index in [9.17, 15) is 9.59 Å². The molecule has 0 spiro atoms. The molecule has 0 atom stereocenters. The van der Waals surface area contributed by atoms with E-state index in [0.717, 1.165) is 0 Å². The van der Waals surface area contributed by atoms with E-state index in [1.807, 2.05) is 0 Å². The highest BCUT2D eigenvalue weighted by atomic mass is 35.5. The molecule has 1 aliphatic rings. The minimum Gasteiger partial charge on any atom is -0.493 e. The summed E-state index contributed by atoms with van der Waals surface area (Å²) in [5.41, 5.74) is 1.19. The highest BCUT2D eigenvalue weighted by Crippen LogP contribution is 2.37. The van der Waals surface area contributed by atoms with E-state index in [-0.39, 0.29) is 28.1 Å². The number of ether oxygens (including phenoxy) is 3. The molecule has 0 unspecified atom stereocenters. The van der Waals surface area contributed by atoms with E-state index in [1.165, 1.54) is 26.2 Å². The third kappa shape index (κ3) is 4.30. The number of methoxy groups -OCH3 is 1. The zero-order chi connectivity index (χ0) is 19.6. The molecule has 8 heteroatoms. The van der Waals surface area contributed by atoms with Gasteiger partial charge in [-0.3, -0.25) is 4.79 Å². The summed E-state index contributed by atoms with van der Waals surface area (Å²) in [6.45, 7) is 1.26. The van der Waals surface area contributed by atoms with Crippen LogP contribution in [0, 0.1) is 0 Å². The quantitative estimate of drug-likeness (QED) is 0.431. The number of rotatable bonds is 4. The molecule has 6 nitrogen and oxygen atoms in total. The Balaban J connectivity index is 1.97. The molecule has 0 fully saturated rings. The standard InChI is InChI=1S/C19H13Cl2NO5/c1-10(23)26-17-14(21)6-11(8-16(17)25-2)7-15-19(24)27-18(22-15)12-4-3-5-13(20)9-12/h3-9H,1-2H3/b15-7+. The first-order valence-corrected chi connectivity index (χ1v) is 8.47. The van der Waals surface area contributed by atoms with Crippen LogP contribution in [0.2, 0.25) is 10.0 Å². The van der Waals surface area contributed by atoms with Gasteiger partial charge in [0, 0.05) is 17.5 Å². The fraction of sp³-hybridized carbons (Fsp3) is 0.105. The Kier molecular flexibility index (Phi) is 5.48. The maximum atomic E-state index is 12.1. The van der Waals surface area contributed by atoms with E-state index in [4.69, 9.17) is 37.4 Å². The Morgan fingerprint density at radius 3 is 2.67 bits per heavy atom. The first kappa shape index (κ1) is 18.9. The summed E-state index contributed by atoms with van der Waals surface area (Å²) in [7, 11) is 1.41. The van der Waals surface area contributed by atoms with E-state index in [0.29, 0.717) is 16.1 Å². The molecule has 1 heterocycles. The number of esters is 2. The van der Waals surface area contributed by atoms with Crippen LogP contribution in [0.4, 0.5) is 0 Å². The van der Waals surface area contributed by atoms with Gasteiger partial charge in [0.2, 0.25) is 5.90 Å². The van der Waals surface area contributed by atoms with Crippen molar-refractivity contribution >= 4 is 47.1 Å². The molecule has 0 saturated carbocycles. The van der Waals surface area contributed by atoms with Crippen molar-refractivity contribution in [3.05, 3.63) is 63.3 Å². The first-order chi connectivity index (χ1) is 12.9. The van der Waals surface area contributed by atoms with Crippen molar-refractivity contribution in [3.63, 3.8) is 0 Å². The Bertz CT molecular complexity index is 998. The number of carbonyl (C=O) groups excluding carboxylic acids is 2. The third-order valence-corrected chi connectivity index (χ3v) is 4.01. The van der Waals surface area contributed by atoms with Crippen molar-refractivity contribution in [2.24, 2.45) is 4.99 Å². The predicted molar refractivity (Wildman–Crippen MR) is 101 cm³/mol. The van der Waals surface area contributed by atoms with Gasteiger partial charge in [0.05, 0.1) is 12.1 Å². The lowest BCUT2D eigenvalue weighted by Gasteiger charge is -2.10. The first-order valence-electron chi connectivity index (χ1n) is 7.72. The summed E-state index contributed by atoms with van der Waals surface area (Å²) in [4.78, 5) is 27.5. The summed E-state index contributed by atoms with van der Waals surface area (Å²) in [5, 5.41) is 0.656. The Labute approximate surface area is 165 Å². The molecular weight excluding hydrogens is 393 g/mol. The molecule has 0 aliphatic carbocycles. The monoisotopic (exact) mass is 405 g/mol. The van der Waals surface area contributed by atoms with Crippen LogP contribution in [-0.2, 0) is 14.3 Å². The van der Waals surface area contributed by atoms with Crippen LogP contribution in [0.25, 0.3) is 6.08 Å². The van der Waals surface area contributed by atoms with Gasteiger partial charge in [-0.15, -0.1) is 0 Å². The Morgan fingerprint density at radius 1 is 1.22 bits per heavy atom. The van der Waals surface area contributed by atoms with Gasteiger partial charge in [0.25, 0.3) is 0 Å². The topological polar surface area (TPSA) is 74.2 Å². The highest BCUT2D eigenvalue weighted by Gasteiger charge is 2.24. The second-order valence-corrected chi connectivity index (χ2v) is 6.32. The van der Waals surface area contributed by atoms with Gasteiger partial charge in [-0.2, -0.15) is 0 Å². The van der Waals surface area contributed by atoms with Crippen molar-refractivity contribution in [1.29, 1.82) is 0 Å². The van der Waals surface area contributed by atoms with E-state index in [2.05, 4.69) is 4.99 Å². The van der Waals surface area contributed by atoms with Crippen molar-refractivity contribution < 1.29 is 23.8 Å². The van der Waals surface area contributed by atoms with Gasteiger partial charge in [-0.1, -0.05) is 29.3 Å². The maximum Gasteiger partial charge on any atom is 0.363 e. The largest absolute Gasteiger partial charge is 0.493 e. The molecule has 1 aliphatic heterocycles. The smallest absolute Gasteiger partial charge is 0.363 e. The number of hydrogen-bond acceptors (Lipinski definition) is 6. The van der Waals surface area contributed by atoms with Crippen LogP contribution < -0.4 is 9.47 Å². The number of carbonyl (C=O) groups is 2. The van der Waals surface area contributed by atoms with Crippen molar-refractivity contribution in [2.45, 2.75) is 6.92 Å². The molecular formula is C19H13Cl2NO5. The molecule has 3 rings (SSSR count). The van der Waals surface area contributed by atoms with Crippen LogP contribution >= 0.6 is 23.2 Å². The molecule has 0 N–H and O–H groups in total. The van der Waals surface area contributed by atoms with E-state index in [1.54, 1.807) is 30.3 Å². The second kappa shape index (κ2) is 7.82. The number of nitrogens with zero attached hydrogens (tertiary/aromatic N) is 1. The average molecular weight is 406 g/mol. The molecule has 0 amide bonds. The van der Waals surface area contributed by atoms with E-state index >= 15 is 0 Å². The maximum absolute atomic E-state index is 12.1. The summed E-state index contributed by atoms with van der Waals surface area (Å²) >= 11 is 12.1. The van der Waals surface area contributed by atoms with Crippen LogP contribution in [0.5, 0.6) is 11.5 Å². The van der Waals surface area contributed by atoms with Gasteiger partial charge >= 0.3 is 11.9 Å². The molecule has 0 bridgehead atoms. The van der Waals surface area contributed by atoms with Gasteiger partial charge in [-0.05, 0) is 42.0 Å². The van der Waals surface area contributed by atoms with Crippen molar-refractivity contribution in [3.8, 4) is 11.5 Å². The van der Waals surface area contributed by atoms with E-state index < -0.39 is 11.9 Å². The SMILES string of the molecule is COc1cc(/C=C2/N=C(c3cccc(Cl)c3)OC2=O)cc(Cl)c1OC(C)=O. The summed E-state index contributed by atoms with van der Waals surface area (Å²) in [5.74, 6) is -0.634. The number of aliphatic imine (C=N–C) groups is 1. The second-order valence-electron chi connectivity index (χ2n) is 5.47. The van der Waals surface area contributed by atoms with Gasteiger partial charge in [0.1, 0.15) is 0 Å².